The lowest BCUT2D eigenvalue weighted by atomic mass is 9.87. The predicted molar refractivity (Wildman–Crippen MR) is 61.4 cm³/mol. The summed E-state index contributed by atoms with van der Waals surface area (Å²) in [7, 11) is 0. The number of rotatable bonds is 4. The van der Waals surface area contributed by atoms with Gasteiger partial charge in [0.15, 0.2) is 0 Å². The molecular formula is C13H20O2. The van der Waals surface area contributed by atoms with Crippen LogP contribution in [0.4, 0.5) is 0 Å². The maximum Gasteiger partial charge on any atom is 0.0840 e. The molecular weight excluding hydrogens is 188 g/mol. The fraction of sp³-hybridized carbons (Fsp3) is 0.538. The van der Waals surface area contributed by atoms with Crippen LogP contribution in [0.3, 0.4) is 0 Å². The highest BCUT2D eigenvalue weighted by atomic mass is 16.3. The summed E-state index contributed by atoms with van der Waals surface area (Å²) in [6.07, 6.45) is -1.07. The monoisotopic (exact) mass is 208 g/mol. The molecule has 0 unspecified atom stereocenters. The Bertz CT molecular complexity index is 282. The third-order valence-corrected chi connectivity index (χ3v) is 2.86. The van der Waals surface area contributed by atoms with Crippen molar-refractivity contribution in [2.45, 2.75) is 33.0 Å². The van der Waals surface area contributed by atoms with Gasteiger partial charge in [-0.25, -0.2) is 0 Å². The highest BCUT2D eigenvalue weighted by molar-refractivity contribution is 5.18. The molecule has 1 aromatic carbocycles. The third-order valence-electron chi connectivity index (χ3n) is 2.86. The first-order valence-electron chi connectivity index (χ1n) is 5.45. The van der Waals surface area contributed by atoms with E-state index in [-0.39, 0.29) is 11.8 Å². The minimum Gasteiger partial charge on any atom is -0.392 e. The van der Waals surface area contributed by atoms with E-state index in [1.807, 2.05) is 51.1 Å². The van der Waals surface area contributed by atoms with Gasteiger partial charge in [-0.2, -0.15) is 0 Å². The van der Waals surface area contributed by atoms with Crippen LogP contribution in [-0.4, -0.2) is 16.3 Å². The third kappa shape index (κ3) is 3.05. The van der Waals surface area contributed by atoms with E-state index in [9.17, 15) is 10.2 Å². The maximum absolute atomic E-state index is 10.0. The largest absolute Gasteiger partial charge is 0.392 e. The SMILES string of the molecule is CC(C)[C@@H](O)[C@@H](C)[C@@H](O)c1ccccc1. The average Bonchev–Trinajstić information content (AvgIpc) is 2.27. The van der Waals surface area contributed by atoms with Crippen molar-refractivity contribution in [2.24, 2.45) is 11.8 Å². The molecule has 0 spiro atoms. The Morgan fingerprint density at radius 2 is 1.47 bits per heavy atom. The lowest BCUT2D eigenvalue weighted by Crippen LogP contribution is -2.28. The van der Waals surface area contributed by atoms with Crippen molar-refractivity contribution < 1.29 is 10.2 Å². The normalized spacial score (nSPS) is 17.5. The summed E-state index contributed by atoms with van der Waals surface area (Å²) in [4.78, 5) is 0. The van der Waals surface area contributed by atoms with E-state index in [1.165, 1.54) is 0 Å². The lowest BCUT2D eigenvalue weighted by molar-refractivity contribution is -0.00309. The zero-order valence-electron chi connectivity index (χ0n) is 9.59. The second-order valence-corrected chi connectivity index (χ2v) is 4.45. The molecule has 2 N–H and O–H groups in total. The molecule has 2 heteroatoms. The first-order valence-corrected chi connectivity index (χ1v) is 5.45. The van der Waals surface area contributed by atoms with Gasteiger partial charge in [0.25, 0.3) is 0 Å². The second-order valence-electron chi connectivity index (χ2n) is 4.45. The standard InChI is InChI=1S/C13H20O2/c1-9(2)12(14)10(3)13(15)11-7-5-4-6-8-11/h4-10,12-15H,1-3H3/t10-,12-,13-/m1/s1. The summed E-state index contributed by atoms with van der Waals surface area (Å²) in [5, 5.41) is 19.9. The molecule has 15 heavy (non-hydrogen) atoms. The fourth-order valence-corrected chi connectivity index (χ4v) is 1.75. The van der Waals surface area contributed by atoms with E-state index in [0.717, 1.165) is 5.56 Å². The molecule has 0 saturated heterocycles. The Labute approximate surface area is 91.6 Å². The number of benzene rings is 1. The van der Waals surface area contributed by atoms with Crippen molar-refractivity contribution in [3.8, 4) is 0 Å². The molecule has 0 aliphatic carbocycles. The molecule has 0 aliphatic rings. The van der Waals surface area contributed by atoms with E-state index in [2.05, 4.69) is 0 Å². The topological polar surface area (TPSA) is 40.5 Å². The van der Waals surface area contributed by atoms with Crippen molar-refractivity contribution >= 4 is 0 Å². The van der Waals surface area contributed by atoms with Gasteiger partial charge >= 0.3 is 0 Å². The van der Waals surface area contributed by atoms with Gasteiger partial charge < -0.3 is 10.2 Å². The van der Waals surface area contributed by atoms with Crippen LogP contribution in [0.25, 0.3) is 0 Å². The van der Waals surface area contributed by atoms with Gasteiger partial charge in [-0.3, -0.25) is 0 Å². The van der Waals surface area contributed by atoms with Gasteiger partial charge in [-0.1, -0.05) is 51.1 Å². The minimum absolute atomic E-state index is 0.146. The smallest absolute Gasteiger partial charge is 0.0840 e. The van der Waals surface area contributed by atoms with Gasteiger partial charge in [-0.15, -0.1) is 0 Å². The zero-order valence-corrected chi connectivity index (χ0v) is 9.59. The summed E-state index contributed by atoms with van der Waals surface area (Å²) >= 11 is 0. The van der Waals surface area contributed by atoms with E-state index in [0.29, 0.717) is 0 Å². The van der Waals surface area contributed by atoms with Gasteiger partial charge in [-0.05, 0) is 11.5 Å². The van der Waals surface area contributed by atoms with Gasteiger partial charge in [0.2, 0.25) is 0 Å². The Balaban J connectivity index is 2.73. The maximum atomic E-state index is 10.0. The molecule has 0 aliphatic heterocycles. The van der Waals surface area contributed by atoms with Crippen LogP contribution >= 0.6 is 0 Å². The lowest BCUT2D eigenvalue weighted by Gasteiger charge is -2.26. The Hall–Kier alpha value is -0.860. The number of aliphatic hydroxyl groups is 2. The van der Waals surface area contributed by atoms with Crippen LogP contribution in [-0.2, 0) is 0 Å². The molecule has 2 nitrogen and oxygen atoms in total. The van der Waals surface area contributed by atoms with E-state index >= 15 is 0 Å². The molecule has 1 aromatic rings. The summed E-state index contributed by atoms with van der Waals surface area (Å²) in [6, 6.07) is 9.47. The molecule has 84 valence electrons. The van der Waals surface area contributed by atoms with Crippen LogP contribution in [0.15, 0.2) is 30.3 Å². The van der Waals surface area contributed by atoms with Gasteiger partial charge in [0, 0.05) is 5.92 Å². The van der Waals surface area contributed by atoms with E-state index in [1.54, 1.807) is 0 Å². The van der Waals surface area contributed by atoms with Crippen molar-refractivity contribution in [2.75, 3.05) is 0 Å². The van der Waals surface area contributed by atoms with E-state index < -0.39 is 12.2 Å². The molecule has 0 bridgehead atoms. The predicted octanol–water partition coefficient (Wildman–Crippen LogP) is 2.37. The van der Waals surface area contributed by atoms with Crippen LogP contribution in [0.2, 0.25) is 0 Å². The van der Waals surface area contributed by atoms with Crippen LogP contribution in [0, 0.1) is 11.8 Å². The van der Waals surface area contributed by atoms with Gasteiger partial charge in [0.1, 0.15) is 0 Å². The summed E-state index contributed by atoms with van der Waals surface area (Å²) < 4.78 is 0. The zero-order chi connectivity index (χ0) is 11.4. The van der Waals surface area contributed by atoms with E-state index in [4.69, 9.17) is 0 Å². The number of aliphatic hydroxyl groups excluding tert-OH is 2. The molecule has 0 saturated carbocycles. The quantitative estimate of drug-likeness (QED) is 0.797. The Morgan fingerprint density at radius 1 is 0.933 bits per heavy atom. The number of hydrogen-bond acceptors (Lipinski definition) is 2. The summed E-state index contributed by atoms with van der Waals surface area (Å²) in [5.74, 6) is 0.0192. The van der Waals surface area contributed by atoms with Gasteiger partial charge in [0.05, 0.1) is 12.2 Å². The van der Waals surface area contributed by atoms with Crippen LogP contribution in [0.1, 0.15) is 32.4 Å². The average molecular weight is 208 g/mol. The first-order chi connectivity index (χ1) is 7.04. The second kappa shape index (κ2) is 5.29. The number of hydrogen-bond donors (Lipinski definition) is 2. The van der Waals surface area contributed by atoms with Crippen molar-refractivity contribution in [1.29, 1.82) is 0 Å². The summed E-state index contributed by atoms with van der Waals surface area (Å²) in [5.41, 5.74) is 0.865. The Morgan fingerprint density at radius 3 is 1.93 bits per heavy atom. The summed E-state index contributed by atoms with van der Waals surface area (Å²) in [6.45, 7) is 5.79. The highest BCUT2D eigenvalue weighted by Gasteiger charge is 2.25. The molecule has 0 amide bonds. The molecule has 1 rings (SSSR count). The van der Waals surface area contributed by atoms with Crippen LogP contribution in [0.5, 0.6) is 0 Å². The molecule has 0 fully saturated rings. The molecule has 0 aromatic heterocycles. The van der Waals surface area contributed by atoms with Crippen molar-refractivity contribution in [3.05, 3.63) is 35.9 Å². The van der Waals surface area contributed by atoms with Crippen molar-refractivity contribution in [1.82, 2.24) is 0 Å². The molecule has 0 radical (unpaired) electrons. The fourth-order valence-electron chi connectivity index (χ4n) is 1.75. The Kier molecular flexibility index (Phi) is 4.30. The minimum atomic E-state index is -0.594. The molecule has 0 heterocycles. The molecule has 3 atom stereocenters. The van der Waals surface area contributed by atoms with Crippen molar-refractivity contribution in [3.63, 3.8) is 0 Å². The first kappa shape index (κ1) is 12.2. The van der Waals surface area contributed by atoms with Crippen LogP contribution < -0.4 is 0 Å². The highest BCUT2D eigenvalue weighted by Crippen LogP contribution is 2.27.